The number of nitrogens with one attached hydrogen (secondary N) is 1. The van der Waals surface area contributed by atoms with Crippen molar-refractivity contribution in [2.45, 2.75) is 18.4 Å². The number of ether oxygens (including phenoxy) is 1. The van der Waals surface area contributed by atoms with Crippen LogP contribution in [0.25, 0.3) is 0 Å². The van der Waals surface area contributed by atoms with E-state index >= 15 is 0 Å². The molecule has 0 saturated carbocycles. The molecular weight excluding hydrogens is 248 g/mol. The number of hydrogen-bond acceptors (Lipinski definition) is 4. The molecular formula is C13H18N2O4. The van der Waals surface area contributed by atoms with Crippen LogP contribution in [0.5, 0.6) is 0 Å². The third-order valence-corrected chi connectivity index (χ3v) is 3.50. The third kappa shape index (κ3) is 3.02. The zero-order chi connectivity index (χ0) is 13.9. The summed E-state index contributed by atoms with van der Waals surface area (Å²) in [6.07, 6.45) is 2.69. The number of aliphatic hydroxyl groups is 1. The largest absolute Gasteiger partial charge is 0.394 e. The second-order valence-corrected chi connectivity index (χ2v) is 4.87. The van der Waals surface area contributed by atoms with E-state index in [9.17, 15) is 14.7 Å². The molecule has 2 N–H and O–H groups in total. The Balaban J connectivity index is 2.15. The van der Waals surface area contributed by atoms with Crippen molar-refractivity contribution < 1.29 is 14.6 Å². The number of aliphatic hydroxyl groups excluding tert-OH is 1. The first-order valence-electron chi connectivity index (χ1n) is 6.24. The fourth-order valence-electron chi connectivity index (χ4n) is 2.09. The molecule has 1 saturated heterocycles. The molecule has 1 amide bonds. The molecule has 0 radical (unpaired) electrons. The van der Waals surface area contributed by atoms with Gasteiger partial charge in [-0.25, -0.2) is 0 Å². The summed E-state index contributed by atoms with van der Waals surface area (Å²) in [6, 6.07) is 2.88. The number of rotatable bonds is 3. The van der Waals surface area contributed by atoms with E-state index in [4.69, 9.17) is 4.74 Å². The first-order valence-corrected chi connectivity index (χ1v) is 6.24. The van der Waals surface area contributed by atoms with Gasteiger partial charge < -0.3 is 19.7 Å². The summed E-state index contributed by atoms with van der Waals surface area (Å²) in [5, 5.41) is 12.3. The molecule has 0 atom stereocenters. The minimum atomic E-state index is -0.642. The second kappa shape index (κ2) is 5.54. The molecule has 0 bridgehead atoms. The number of hydrogen-bond donors (Lipinski definition) is 2. The van der Waals surface area contributed by atoms with E-state index in [-0.39, 0.29) is 18.1 Å². The fraction of sp³-hybridized carbons (Fsp3) is 0.538. The van der Waals surface area contributed by atoms with Crippen molar-refractivity contribution in [3.05, 3.63) is 34.2 Å². The monoisotopic (exact) mass is 266 g/mol. The quantitative estimate of drug-likeness (QED) is 0.784. The minimum absolute atomic E-state index is 0.132. The normalized spacial score (nSPS) is 18.0. The van der Waals surface area contributed by atoms with Gasteiger partial charge in [0.25, 0.3) is 11.5 Å². The Morgan fingerprint density at radius 1 is 1.53 bits per heavy atom. The smallest absolute Gasteiger partial charge is 0.252 e. The molecule has 0 unspecified atom stereocenters. The van der Waals surface area contributed by atoms with Crippen LogP contribution in [0, 0.1) is 0 Å². The van der Waals surface area contributed by atoms with E-state index < -0.39 is 5.54 Å². The minimum Gasteiger partial charge on any atom is -0.394 e. The van der Waals surface area contributed by atoms with Crippen molar-refractivity contribution in [1.82, 2.24) is 9.88 Å². The molecule has 6 heteroatoms. The number of pyridine rings is 1. The van der Waals surface area contributed by atoms with Gasteiger partial charge in [0, 0.05) is 38.1 Å². The zero-order valence-electron chi connectivity index (χ0n) is 10.9. The number of amides is 1. The van der Waals surface area contributed by atoms with Gasteiger partial charge in [0.05, 0.1) is 12.1 Å². The molecule has 1 aromatic rings. The van der Waals surface area contributed by atoms with Crippen LogP contribution in [0.3, 0.4) is 0 Å². The molecule has 1 aliphatic heterocycles. The standard InChI is InChI=1S/C13H18N2O4/c1-15-5-2-10(8-11(15)17)12(18)14-13(9-16)3-6-19-7-4-13/h2,5,8,16H,3-4,6-7,9H2,1H3,(H,14,18). The molecule has 1 aromatic heterocycles. The zero-order valence-corrected chi connectivity index (χ0v) is 10.9. The first-order chi connectivity index (χ1) is 9.06. The molecule has 0 spiro atoms. The number of carbonyl (C=O) groups is 1. The molecule has 1 aliphatic rings. The van der Waals surface area contributed by atoms with E-state index in [1.165, 1.54) is 10.6 Å². The predicted molar refractivity (Wildman–Crippen MR) is 69.0 cm³/mol. The van der Waals surface area contributed by atoms with Crippen molar-refractivity contribution in [1.29, 1.82) is 0 Å². The van der Waals surface area contributed by atoms with E-state index in [1.54, 1.807) is 19.3 Å². The Kier molecular flexibility index (Phi) is 4.01. The molecule has 104 valence electrons. The fourth-order valence-corrected chi connectivity index (χ4v) is 2.09. The summed E-state index contributed by atoms with van der Waals surface area (Å²) >= 11 is 0. The van der Waals surface area contributed by atoms with Gasteiger partial charge in [-0.3, -0.25) is 9.59 Å². The average Bonchev–Trinajstić information content (AvgIpc) is 2.43. The van der Waals surface area contributed by atoms with Crippen LogP contribution in [0.1, 0.15) is 23.2 Å². The maximum Gasteiger partial charge on any atom is 0.252 e. The van der Waals surface area contributed by atoms with Crippen molar-refractivity contribution in [2.24, 2.45) is 7.05 Å². The summed E-state index contributed by atoms with van der Waals surface area (Å²) in [5.41, 5.74) is -0.573. The Hall–Kier alpha value is -1.66. The van der Waals surface area contributed by atoms with Crippen LogP contribution in [-0.2, 0) is 11.8 Å². The van der Waals surface area contributed by atoms with Gasteiger partial charge in [-0.15, -0.1) is 0 Å². The van der Waals surface area contributed by atoms with Crippen LogP contribution in [0.2, 0.25) is 0 Å². The lowest BCUT2D eigenvalue weighted by molar-refractivity contribution is 0.0125. The Labute approximate surface area is 111 Å². The highest BCUT2D eigenvalue weighted by Gasteiger charge is 2.33. The maximum atomic E-state index is 12.1. The van der Waals surface area contributed by atoms with Gasteiger partial charge in [-0.1, -0.05) is 0 Å². The van der Waals surface area contributed by atoms with Gasteiger partial charge in [0.2, 0.25) is 0 Å². The topological polar surface area (TPSA) is 80.6 Å². The summed E-state index contributed by atoms with van der Waals surface area (Å²) in [7, 11) is 1.62. The average molecular weight is 266 g/mol. The SMILES string of the molecule is Cn1ccc(C(=O)NC2(CO)CCOCC2)cc1=O. The van der Waals surface area contributed by atoms with Crippen LogP contribution in [0.4, 0.5) is 0 Å². The van der Waals surface area contributed by atoms with Gasteiger partial charge >= 0.3 is 0 Å². The number of aromatic nitrogens is 1. The first kappa shape index (κ1) is 13.8. The highest BCUT2D eigenvalue weighted by Crippen LogP contribution is 2.20. The number of aryl methyl sites for hydroxylation is 1. The Morgan fingerprint density at radius 2 is 2.21 bits per heavy atom. The Bertz CT molecular complexity index is 518. The van der Waals surface area contributed by atoms with E-state index in [1.807, 2.05) is 0 Å². The molecule has 19 heavy (non-hydrogen) atoms. The van der Waals surface area contributed by atoms with Crippen molar-refractivity contribution in [3.8, 4) is 0 Å². The summed E-state index contributed by atoms with van der Waals surface area (Å²) < 4.78 is 6.63. The molecule has 6 nitrogen and oxygen atoms in total. The molecule has 2 rings (SSSR count). The van der Waals surface area contributed by atoms with Gasteiger partial charge in [-0.05, 0) is 18.9 Å². The lowest BCUT2D eigenvalue weighted by Crippen LogP contribution is -2.54. The molecule has 0 aliphatic carbocycles. The number of nitrogens with zero attached hydrogens (tertiary/aromatic N) is 1. The van der Waals surface area contributed by atoms with E-state index in [2.05, 4.69) is 5.32 Å². The summed E-state index contributed by atoms with van der Waals surface area (Å²) in [4.78, 5) is 23.6. The van der Waals surface area contributed by atoms with E-state index in [0.717, 1.165) is 0 Å². The summed E-state index contributed by atoms with van der Waals surface area (Å²) in [5.74, 6) is -0.339. The van der Waals surface area contributed by atoms with E-state index in [0.29, 0.717) is 31.6 Å². The van der Waals surface area contributed by atoms with Crippen LogP contribution < -0.4 is 10.9 Å². The molecule has 0 aromatic carbocycles. The second-order valence-electron chi connectivity index (χ2n) is 4.87. The van der Waals surface area contributed by atoms with Crippen LogP contribution >= 0.6 is 0 Å². The molecule has 2 heterocycles. The highest BCUT2D eigenvalue weighted by atomic mass is 16.5. The van der Waals surface area contributed by atoms with Crippen molar-refractivity contribution >= 4 is 5.91 Å². The maximum absolute atomic E-state index is 12.1. The van der Waals surface area contributed by atoms with Crippen LogP contribution in [0.15, 0.2) is 23.1 Å². The summed E-state index contributed by atoms with van der Waals surface area (Å²) in [6.45, 7) is 0.891. The van der Waals surface area contributed by atoms with Gasteiger partial charge in [-0.2, -0.15) is 0 Å². The highest BCUT2D eigenvalue weighted by molar-refractivity contribution is 5.94. The third-order valence-electron chi connectivity index (χ3n) is 3.50. The van der Waals surface area contributed by atoms with Gasteiger partial charge in [0.1, 0.15) is 0 Å². The molecule has 1 fully saturated rings. The van der Waals surface area contributed by atoms with Crippen molar-refractivity contribution in [3.63, 3.8) is 0 Å². The lowest BCUT2D eigenvalue weighted by Gasteiger charge is -2.36. The van der Waals surface area contributed by atoms with Gasteiger partial charge in [0.15, 0.2) is 0 Å². The number of carbonyl (C=O) groups excluding carboxylic acids is 1. The lowest BCUT2D eigenvalue weighted by atomic mass is 9.90. The van der Waals surface area contributed by atoms with Crippen LogP contribution in [-0.4, -0.2) is 40.9 Å². The van der Waals surface area contributed by atoms with Crippen molar-refractivity contribution in [2.75, 3.05) is 19.8 Å². The predicted octanol–water partition coefficient (Wildman–Crippen LogP) is -0.343. The Morgan fingerprint density at radius 3 is 2.79 bits per heavy atom.